The van der Waals surface area contributed by atoms with Gasteiger partial charge >= 0.3 is 0 Å². The molecule has 2 aromatic carbocycles. The predicted molar refractivity (Wildman–Crippen MR) is 126 cm³/mol. The van der Waals surface area contributed by atoms with Crippen molar-refractivity contribution in [3.05, 3.63) is 71.8 Å². The topological polar surface area (TPSA) is 94.0 Å². The van der Waals surface area contributed by atoms with Crippen molar-refractivity contribution in [3.8, 4) is 17.5 Å². The van der Waals surface area contributed by atoms with Crippen LogP contribution in [0.1, 0.15) is 24.0 Å². The summed E-state index contributed by atoms with van der Waals surface area (Å²) in [6.07, 6.45) is 2.88. The van der Waals surface area contributed by atoms with Crippen LogP contribution in [-0.4, -0.2) is 55.0 Å². The Kier molecular flexibility index (Phi) is 7.05. The van der Waals surface area contributed by atoms with Gasteiger partial charge in [0, 0.05) is 31.5 Å². The zero-order valence-corrected chi connectivity index (χ0v) is 20.0. The average Bonchev–Trinajstić information content (AvgIpc) is 2.84. The van der Waals surface area contributed by atoms with E-state index in [4.69, 9.17) is 18.8 Å². The largest absolute Gasteiger partial charge is 0.474 e. The quantitative estimate of drug-likeness (QED) is 0.486. The fourth-order valence-electron chi connectivity index (χ4n) is 4.66. The molecule has 3 atom stereocenters. The predicted octanol–water partition coefficient (Wildman–Crippen LogP) is 4.11. The highest BCUT2D eigenvalue weighted by Crippen LogP contribution is 2.34. The normalized spacial score (nSPS) is 23.0. The zero-order chi connectivity index (χ0) is 24.4. The smallest absolute Gasteiger partial charge is 0.229 e. The summed E-state index contributed by atoms with van der Waals surface area (Å²) in [5, 5.41) is 0. The van der Waals surface area contributed by atoms with E-state index < -0.39 is 16.9 Å². The second kappa shape index (κ2) is 10.4. The SMILES string of the molecule is Cc1c(Oc2ccc(S(=O)O)cc2F)ncnc1OC1CC2COCC(C1)N2Cc1ccccc1. The monoisotopic (exact) mass is 499 g/mol. The van der Waals surface area contributed by atoms with Crippen LogP contribution < -0.4 is 9.47 Å². The highest BCUT2D eigenvalue weighted by Gasteiger charge is 2.40. The number of hydrogen-bond donors (Lipinski definition) is 1. The van der Waals surface area contributed by atoms with Gasteiger partial charge in [-0.1, -0.05) is 30.3 Å². The summed E-state index contributed by atoms with van der Waals surface area (Å²) in [6, 6.07) is 14.5. The molecule has 5 rings (SSSR count). The average molecular weight is 500 g/mol. The summed E-state index contributed by atoms with van der Waals surface area (Å²) >= 11 is -2.28. The molecule has 184 valence electrons. The Morgan fingerprint density at radius 1 is 1.11 bits per heavy atom. The maximum absolute atomic E-state index is 14.4. The minimum absolute atomic E-state index is 0.0436. The Balaban J connectivity index is 1.28. The number of ether oxygens (including phenoxy) is 3. The van der Waals surface area contributed by atoms with Crippen molar-refractivity contribution in [2.75, 3.05) is 13.2 Å². The molecule has 3 unspecified atom stereocenters. The van der Waals surface area contributed by atoms with Gasteiger partial charge in [0.2, 0.25) is 11.8 Å². The van der Waals surface area contributed by atoms with Crippen molar-refractivity contribution >= 4 is 11.1 Å². The van der Waals surface area contributed by atoms with Crippen LogP contribution in [0.5, 0.6) is 17.5 Å². The van der Waals surface area contributed by atoms with Gasteiger partial charge in [0.15, 0.2) is 22.6 Å². The van der Waals surface area contributed by atoms with E-state index in [2.05, 4.69) is 39.1 Å². The van der Waals surface area contributed by atoms with Gasteiger partial charge in [-0.15, -0.1) is 0 Å². The molecule has 3 heterocycles. The highest BCUT2D eigenvalue weighted by molar-refractivity contribution is 7.79. The van der Waals surface area contributed by atoms with E-state index in [1.807, 2.05) is 6.07 Å². The van der Waals surface area contributed by atoms with Gasteiger partial charge in [0.05, 0.1) is 23.7 Å². The number of morpholine rings is 1. The molecule has 2 aliphatic rings. The van der Waals surface area contributed by atoms with E-state index in [1.54, 1.807) is 6.92 Å². The van der Waals surface area contributed by atoms with Gasteiger partial charge in [-0.3, -0.25) is 4.90 Å². The molecular weight excluding hydrogens is 473 g/mol. The molecule has 1 aromatic heterocycles. The molecule has 2 saturated heterocycles. The number of hydrogen-bond acceptors (Lipinski definition) is 7. The standard InChI is InChI=1S/C25H26FN3O5S/c1-16-24(27-15-28-25(16)34-23-8-7-21(35(30)31)11-22(23)26)33-20-9-18-13-32-14-19(10-20)29(18)12-17-5-3-2-4-6-17/h2-8,11,15,18-20H,9-10,12-14H2,1H3,(H,30,31). The van der Waals surface area contributed by atoms with Gasteiger partial charge in [0.1, 0.15) is 12.4 Å². The van der Waals surface area contributed by atoms with Gasteiger partial charge < -0.3 is 18.8 Å². The van der Waals surface area contributed by atoms with Crippen LogP contribution in [-0.2, 0) is 22.4 Å². The second-order valence-electron chi connectivity index (χ2n) is 8.77. The van der Waals surface area contributed by atoms with Crippen LogP contribution in [0.15, 0.2) is 59.8 Å². The van der Waals surface area contributed by atoms with E-state index >= 15 is 0 Å². The summed E-state index contributed by atoms with van der Waals surface area (Å²) in [4.78, 5) is 10.9. The van der Waals surface area contributed by atoms with Gasteiger partial charge in [-0.2, -0.15) is 0 Å². The minimum atomic E-state index is -2.28. The van der Waals surface area contributed by atoms with Crippen molar-refractivity contribution in [2.24, 2.45) is 0 Å². The van der Waals surface area contributed by atoms with Crippen LogP contribution in [0.3, 0.4) is 0 Å². The van der Waals surface area contributed by atoms with Gasteiger partial charge in [0.25, 0.3) is 0 Å². The molecular formula is C25H26FN3O5S. The fraction of sp³-hybridized carbons (Fsp3) is 0.360. The third kappa shape index (κ3) is 5.35. The van der Waals surface area contributed by atoms with Crippen molar-refractivity contribution in [2.45, 2.75) is 49.4 Å². The number of aromatic nitrogens is 2. The van der Waals surface area contributed by atoms with E-state index in [0.29, 0.717) is 24.7 Å². The summed E-state index contributed by atoms with van der Waals surface area (Å²) in [5.74, 6) is -0.308. The number of benzene rings is 2. The first-order chi connectivity index (χ1) is 17.0. The van der Waals surface area contributed by atoms with Crippen molar-refractivity contribution in [1.29, 1.82) is 0 Å². The Hall–Kier alpha value is -2.92. The lowest BCUT2D eigenvalue weighted by Gasteiger charge is -2.48. The summed E-state index contributed by atoms with van der Waals surface area (Å²) < 4.78 is 52.4. The Morgan fingerprint density at radius 3 is 2.51 bits per heavy atom. The number of halogens is 1. The molecule has 2 aliphatic heterocycles. The van der Waals surface area contributed by atoms with E-state index in [-0.39, 0.29) is 34.7 Å². The molecule has 3 aromatic rings. The number of rotatable bonds is 7. The number of nitrogens with zero attached hydrogens (tertiary/aromatic N) is 3. The first-order valence-corrected chi connectivity index (χ1v) is 12.5. The second-order valence-corrected chi connectivity index (χ2v) is 9.74. The van der Waals surface area contributed by atoms with Crippen LogP contribution >= 0.6 is 0 Å². The zero-order valence-electron chi connectivity index (χ0n) is 19.2. The summed E-state index contributed by atoms with van der Waals surface area (Å²) in [5.41, 5.74) is 1.83. The fourth-order valence-corrected chi connectivity index (χ4v) is 5.05. The van der Waals surface area contributed by atoms with Gasteiger partial charge in [-0.05, 0) is 30.7 Å². The molecule has 10 heteroatoms. The van der Waals surface area contributed by atoms with Gasteiger partial charge in [-0.25, -0.2) is 18.6 Å². The van der Waals surface area contributed by atoms with Crippen LogP contribution in [0.2, 0.25) is 0 Å². The lowest BCUT2D eigenvalue weighted by Crippen LogP contribution is -2.58. The Morgan fingerprint density at radius 2 is 1.83 bits per heavy atom. The minimum Gasteiger partial charge on any atom is -0.474 e. The third-order valence-electron chi connectivity index (χ3n) is 6.42. The number of fused-ring (bicyclic) bond motifs is 2. The molecule has 2 fully saturated rings. The molecule has 35 heavy (non-hydrogen) atoms. The molecule has 0 spiro atoms. The molecule has 1 N–H and O–H groups in total. The lowest BCUT2D eigenvalue weighted by molar-refractivity contribution is -0.104. The van der Waals surface area contributed by atoms with Crippen LogP contribution in [0, 0.1) is 12.7 Å². The van der Waals surface area contributed by atoms with Crippen molar-refractivity contribution in [1.82, 2.24) is 14.9 Å². The highest BCUT2D eigenvalue weighted by atomic mass is 32.2. The summed E-state index contributed by atoms with van der Waals surface area (Å²) in [7, 11) is 0. The van der Waals surface area contributed by atoms with Crippen LogP contribution in [0.25, 0.3) is 0 Å². The Labute approximate surface area is 205 Å². The Bertz CT molecular complexity index is 1200. The van der Waals surface area contributed by atoms with Crippen LogP contribution in [0.4, 0.5) is 4.39 Å². The molecule has 2 bridgehead atoms. The maximum Gasteiger partial charge on any atom is 0.229 e. The van der Waals surface area contributed by atoms with Crippen molar-refractivity contribution < 1.29 is 27.4 Å². The third-order valence-corrected chi connectivity index (χ3v) is 7.08. The first kappa shape index (κ1) is 23.8. The molecule has 0 aliphatic carbocycles. The first-order valence-electron chi connectivity index (χ1n) is 11.4. The summed E-state index contributed by atoms with van der Waals surface area (Å²) in [6.45, 7) is 3.96. The lowest BCUT2D eigenvalue weighted by atomic mass is 9.91. The molecule has 0 radical (unpaired) electrons. The van der Waals surface area contributed by atoms with Crippen molar-refractivity contribution in [3.63, 3.8) is 0 Å². The van der Waals surface area contributed by atoms with E-state index in [1.165, 1.54) is 24.0 Å². The maximum atomic E-state index is 14.4. The van der Waals surface area contributed by atoms with E-state index in [0.717, 1.165) is 25.5 Å². The number of piperidine rings is 1. The van der Waals surface area contributed by atoms with E-state index in [9.17, 15) is 8.60 Å². The molecule has 0 amide bonds. The molecule has 0 saturated carbocycles. The molecule has 8 nitrogen and oxygen atoms in total.